The molecular formula is C11H24ClNO. The zero-order valence-electron chi connectivity index (χ0n) is 9.90. The van der Waals surface area contributed by atoms with Crippen molar-refractivity contribution < 1.29 is 4.74 Å². The Morgan fingerprint density at radius 1 is 1.36 bits per heavy atom. The molecule has 1 N–H and O–H groups in total. The van der Waals surface area contributed by atoms with Gasteiger partial charge in [-0.3, -0.25) is 0 Å². The lowest BCUT2D eigenvalue weighted by molar-refractivity contribution is 0.0159. The molecule has 0 saturated carbocycles. The quantitative estimate of drug-likeness (QED) is 0.503. The van der Waals surface area contributed by atoms with Gasteiger partial charge in [-0.2, -0.15) is 0 Å². The Kier molecular flexibility index (Phi) is 7.61. The average Bonchev–Trinajstić information content (AvgIpc) is 2.10. The third kappa shape index (κ3) is 8.79. The Labute approximate surface area is 93.4 Å². The highest BCUT2D eigenvalue weighted by Crippen LogP contribution is 2.11. The summed E-state index contributed by atoms with van der Waals surface area (Å²) >= 11 is 5.84. The number of rotatable bonds is 8. The van der Waals surface area contributed by atoms with E-state index in [0.717, 1.165) is 32.4 Å². The highest BCUT2D eigenvalue weighted by Gasteiger charge is 2.14. The van der Waals surface area contributed by atoms with Gasteiger partial charge in [-0.25, -0.2) is 0 Å². The summed E-state index contributed by atoms with van der Waals surface area (Å²) in [5.41, 5.74) is -0.00717. The molecule has 0 amide bonds. The summed E-state index contributed by atoms with van der Waals surface area (Å²) in [6, 6.07) is 0. The van der Waals surface area contributed by atoms with E-state index in [2.05, 4.69) is 19.2 Å². The summed E-state index contributed by atoms with van der Waals surface area (Å²) in [4.78, 5) is 0. The SMILES string of the molecule is COC(C)(C)CCNCCCC(C)Cl. The molecule has 86 valence electrons. The monoisotopic (exact) mass is 221 g/mol. The van der Waals surface area contributed by atoms with Crippen molar-refractivity contribution in [3.63, 3.8) is 0 Å². The fourth-order valence-corrected chi connectivity index (χ4v) is 1.28. The van der Waals surface area contributed by atoms with E-state index < -0.39 is 0 Å². The largest absolute Gasteiger partial charge is 0.379 e. The van der Waals surface area contributed by atoms with E-state index >= 15 is 0 Å². The molecule has 0 fully saturated rings. The van der Waals surface area contributed by atoms with Crippen molar-refractivity contribution in [2.45, 2.75) is 51.0 Å². The maximum absolute atomic E-state index is 5.84. The summed E-state index contributed by atoms with van der Waals surface area (Å²) in [6.07, 6.45) is 3.28. The Morgan fingerprint density at radius 3 is 2.50 bits per heavy atom. The van der Waals surface area contributed by atoms with Crippen LogP contribution in [-0.2, 0) is 4.74 Å². The van der Waals surface area contributed by atoms with Crippen molar-refractivity contribution >= 4 is 11.6 Å². The first kappa shape index (κ1) is 14.2. The van der Waals surface area contributed by atoms with Crippen LogP contribution in [0.1, 0.15) is 40.0 Å². The molecule has 0 radical (unpaired) electrons. The van der Waals surface area contributed by atoms with Crippen LogP contribution in [0.3, 0.4) is 0 Å². The molecule has 1 atom stereocenters. The molecule has 0 aromatic rings. The van der Waals surface area contributed by atoms with E-state index in [4.69, 9.17) is 16.3 Å². The van der Waals surface area contributed by atoms with E-state index in [1.807, 2.05) is 6.92 Å². The van der Waals surface area contributed by atoms with Crippen molar-refractivity contribution in [2.75, 3.05) is 20.2 Å². The van der Waals surface area contributed by atoms with Gasteiger partial charge in [-0.15, -0.1) is 11.6 Å². The third-order valence-electron chi connectivity index (χ3n) is 2.41. The Morgan fingerprint density at radius 2 is 2.00 bits per heavy atom. The number of nitrogens with one attached hydrogen (secondary N) is 1. The maximum Gasteiger partial charge on any atom is 0.0634 e. The molecule has 0 bridgehead atoms. The van der Waals surface area contributed by atoms with E-state index in [0.29, 0.717) is 5.38 Å². The number of ether oxygens (including phenoxy) is 1. The molecule has 0 aliphatic rings. The molecule has 0 rings (SSSR count). The molecule has 0 aromatic carbocycles. The second kappa shape index (κ2) is 7.49. The molecule has 0 heterocycles. The molecule has 0 saturated heterocycles. The second-order valence-corrected chi connectivity index (χ2v) is 5.13. The molecule has 3 heteroatoms. The summed E-state index contributed by atoms with van der Waals surface area (Å²) in [6.45, 7) is 8.31. The summed E-state index contributed by atoms with van der Waals surface area (Å²) in [5.74, 6) is 0. The number of hydrogen-bond acceptors (Lipinski definition) is 2. The first-order valence-corrected chi connectivity index (χ1v) is 5.81. The lowest BCUT2D eigenvalue weighted by Crippen LogP contribution is -2.29. The molecule has 0 aliphatic carbocycles. The van der Waals surface area contributed by atoms with Gasteiger partial charge < -0.3 is 10.1 Å². The highest BCUT2D eigenvalue weighted by atomic mass is 35.5. The van der Waals surface area contributed by atoms with Crippen LogP contribution in [0.25, 0.3) is 0 Å². The van der Waals surface area contributed by atoms with Gasteiger partial charge in [0.05, 0.1) is 5.60 Å². The van der Waals surface area contributed by atoms with E-state index in [-0.39, 0.29) is 5.60 Å². The Hall–Kier alpha value is 0.210. The Bertz CT molecular complexity index is 137. The molecular weight excluding hydrogens is 198 g/mol. The smallest absolute Gasteiger partial charge is 0.0634 e. The van der Waals surface area contributed by atoms with Crippen molar-refractivity contribution in [2.24, 2.45) is 0 Å². The Balaban J connectivity index is 3.21. The molecule has 0 aliphatic heterocycles. The summed E-state index contributed by atoms with van der Waals surface area (Å²) in [7, 11) is 1.76. The maximum atomic E-state index is 5.84. The fourth-order valence-electron chi connectivity index (χ4n) is 1.12. The lowest BCUT2D eigenvalue weighted by atomic mass is 10.1. The average molecular weight is 222 g/mol. The minimum atomic E-state index is -0.00717. The standard InChI is InChI=1S/C11H24ClNO/c1-10(12)6-5-8-13-9-7-11(2,3)14-4/h10,13H,5-9H2,1-4H3. The van der Waals surface area contributed by atoms with Crippen LogP contribution < -0.4 is 5.32 Å². The first-order valence-electron chi connectivity index (χ1n) is 5.38. The van der Waals surface area contributed by atoms with Gasteiger partial charge in [0.2, 0.25) is 0 Å². The summed E-state index contributed by atoms with van der Waals surface area (Å²) in [5, 5.41) is 3.69. The van der Waals surface area contributed by atoms with Gasteiger partial charge in [0.15, 0.2) is 0 Å². The zero-order valence-corrected chi connectivity index (χ0v) is 10.7. The van der Waals surface area contributed by atoms with Crippen molar-refractivity contribution in [1.82, 2.24) is 5.32 Å². The topological polar surface area (TPSA) is 21.3 Å². The van der Waals surface area contributed by atoms with E-state index in [9.17, 15) is 0 Å². The number of halogens is 1. The van der Waals surface area contributed by atoms with Crippen LogP contribution >= 0.6 is 11.6 Å². The van der Waals surface area contributed by atoms with Gasteiger partial charge in [-0.1, -0.05) is 0 Å². The van der Waals surface area contributed by atoms with E-state index in [1.165, 1.54) is 0 Å². The van der Waals surface area contributed by atoms with Crippen LogP contribution in [0.2, 0.25) is 0 Å². The van der Waals surface area contributed by atoms with Crippen LogP contribution in [0, 0.1) is 0 Å². The van der Waals surface area contributed by atoms with Gasteiger partial charge in [0, 0.05) is 12.5 Å². The minimum Gasteiger partial charge on any atom is -0.379 e. The number of alkyl halides is 1. The van der Waals surface area contributed by atoms with Crippen LogP contribution in [0.4, 0.5) is 0 Å². The third-order valence-corrected chi connectivity index (χ3v) is 2.63. The van der Waals surface area contributed by atoms with Gasteiger partial charge >= 0.3 is 0 Å². The van der Waals surface area contributed by atoms with Crippen molar-refractivity contribution in [1.29, 1.82) is 0 Å². The zero-order chi connectivity index (χ0) is 11.0. The number of hydrogen-bond donors (Lipinski definition) is 1. The molecule has 14 heavy (non-hydrogen) atoms. The van der Waals surface area contributed by atoms with Crippen LogP contribution in [0.15, 0.2) is 0 Å². The molecule has 1 unspecified atom stereocenters. The summed E-state index contributed by atoms with van der Waals surface area (Å²) < 4.78 is 5.32. The van der Waals surface area contributed by atoms with Crippen molar-refractivity contribution in [3.05, 3.63) is 0 Å². The van der Waals surface area contributed by atoms with E-state index in [1.54, 1.807) is 7.11 Å². The minimum absolute atomic E-state index is 0.00717. The number of methoxy groups -OCH3 is 1. The van der Waals surface area contributed by atoms with Gasteiger partial charge in [0.25, 0.3) is 0 Å². The van der Waals surface area contributed by atoms with Gasteiger partial charge in [0.1, 0.15) is 0 Å². The van der Waals surface area contributed by atoms with Gasteiger partial charge in [-0.05, 0) is 53.1 Å². The van der Waals surface area contributed by atoms with Crippen LogP contribution in [-0.4, -0.2) is 31.2 Å². The van der Waals surface area contributed by atoms with Crippen LogP contribution in [0.5, 0.6) is 0 Å². The van der Waals surface area contributed by atoms with Crippen molar-refractivity contribution in [3.8, 4) is 0 Å². The fraction of sp³-hybridized carbons (Fsp3) is 1.00. The predicted octanol–water partition coefficient (Wildman–Crippen LogP) is 2.80. The highest BCUT2D eigenvalue weighted by molar-refractivity contribution is 6.20. The second-order valence-electron chi connectivity index (χ2n) is 4.39. The predicted molar refractivity (Wildman–Crippen MR) is 63.1 cm³/mol. The lowest BCUT2D eigenvalue weighted by Gasteiger charge is -2.22. The first-order chi connectivity index (χ1) is 6.48. The molecule has 2 nitrogen and oxygen atoms in total. The molecule has 0 spiro atoms. The normalized spacial score (nSPS) is 14.4. The molecule has 0 aromatic heterocycles.